The predicted molar refractivity (Wildman–Crippen MR) is 69.2 cm³/mol. The van der Waals surface area contributed by atoms with Crippen LogP contribution in [0.25, 0.3) is 0 Å². The molecule has 0 bridgehead atoms. The van der Waals surface area contributed by atoms with Gasteiger partial charge in [0.15, 0.2) is 0 Å². The second-order valence-corrected chi connectivity index (χ2v) is 4.51. The minimum atomic E-state index is -0.466. The maximum absolute atomic E-state index is 10.5. The smallest absolute Gasteiger partial charge is 0.287 e. The molecule has 0 spiro atoms. The Morgan fingerprint density at radius 2 is 2.26 bits per heavy atom. The molecule has 1 aromatic heterocycles. The normalized spacial score (nSPS) is 17.9. The lowest BCUT2D eigenvalue weighted by molar-refractivity contribution is -0.385. The fourth-order valence-corrected chi connectivity index (χ4v) is 2.05. The first-order chi connectivity index (χ1) is 9.15. The minimum Gasteiger partial charge on any atom is -0.381 e. The summed E-state index contributed by atoms with van der Waals surface area (Å²) in [5.41, 5.74) is -0.264. The zero-order valence-electron chi connectivity index (χ0n) is 10.8. The Labute approximate surface area is 111 Å². The van der Waals surface area contributed by atoms with Crippen LogP contribution in [0, 0.1) is 10.1 Å². The number of aromatic nitrogens is 1. The van der Waals surface area contributed by atoms with Gasteiger partial charge >= 0.3 is 0 Å². The minimum absolute atomic E-state index is 0.0157. The molecule has 1 aliphatic heterocycles. The van der Waals surface area contributed by atoms with Gasteiger partial charge in [-0.05, 0) is 6.07 Å². The molecule has 2 heterocycles. The van der Waals surface area contributed by atoms with Crippen LogP contribution in [0.5, 0.6) is 0 Å². The van der Waals surface area contributed by atoms with E-state index in [9.17, 15) is 10.1 Å². The molecule has 7 nitrogen and oxygen atoms in total. The molecule has 1 aliphatic rings. The van der Waals surface area contributed by atoms with E-state index >= 15 is 0 Å². The van der Waals surface area contributed by atoms with Gasteiger partial charge in [-0.25, -0.2) is 4.98 Å². The van der Waals surface area contributed by atoms with Crippen molar-refractivity contribution in [3.63, 3.8) is 0 Å². The quantitative estimate of drug-likeness (QED) is 0.644. The van der Waals surface area contributed by atoms with E-state index in [1.165, 1.54) is 12.3 Å². The highest BCUT2D eigenvalue weighted by Gasteiger charge is 2.32. The average Bonchev–Trinajstić information content (AvgIpc) is 2.46. The zero-order chi connectivity index (χ0) is 13.7. The van der Waals surface area contributed by atoms with Crippen LogP contribution in [-0.2, 0) is 9.47 Å². The summed E-state index contributed by atoms with van der Waals surface area (Å²) in [6.07, 6.45) is 2.89. The highest BCUT2D eigenvalue weighted by molar-refractivity contribution is 5.40. The Balaban J connectivity index is 1.95. The number of pyridine rings is 1. The summed E-state index contributed by atoms with van der Waals surface area (Å²) in [5, 5.41) is 13.7. The van der Waals surface area contributed by atoms with Crippen molar-refractivity contribution in [1.29, 1.82) is 0 Å². The molecule has 104 valence electrons. The van der Waals surface area contributed by atoms with Gasteiger partial charge in [0.2, 0.25) is 0 Å². The van der Waals surface area contributed by atoms with Crippen molar-refractivity contribution in [2.45, 2.75) is 18.4 Å². The number of hydrogen-bond acceptors (Lipinski definition) is 6. The molecular formula is C12H17N3O4. The van der Waals surface area contributed by atoms with Gasteiger partial charge in [-0.3, -0.25) is 10.1 Å². The van der Waals surface area contributed by atoms with E-state index < -0.39 is 4.92 Å². The van der Waals surface area contributed by atoms with Crippen molar-refractivity contribution in [3.05, 3.63) is 28.4 Å². The van der Waals surface area contributed by atoms with Crippen molar-refractivity contribution < 1.29 is 14.4 Å². The van der Waals surface area contributed by atoms with Gasteiger partial charge in [-0.1, -0.05) is 0 Å². The van der Waals surface area contributed by atoms with Gasteiger partial charge in [-0.15, -0.1) is 0 Å². The maximum Gasteiger partial charge on any atom is 0.287 e. The molecule has 0 radical (unpaired) electrons. The Morgan fingerprint density at radius 1 is 1.53 bits per heavy atom. The second-order valence-electron chi connectivity index (χ2n) is 4.51. The molecule has 0 saturated carbocycles. The molecule has 0 atom stereocenters. The summed E-state index contributed by atoms with van der Waals surface area (Å²) < 4.78 is 10.9. The number of nitro groups is 1. The molecular weight excluding hydrogens is 250 g/mol. The summed E-state index contributed by atoms with van der Waals surface area (Å²) >= 11 is 0. The highest BCUT2D eigenvalue weighted by Crippen LogP contribution is 2.25. The van der Waals surface area contributed by atoms with Gasteiger partial charge in [0, 0.05) is 45.8 Å². The average molecular weight is 267 g/mol. The number of methoxy groups -OCH3 is 1. The Kier molecular flexibility index (Phi) is 4.28. The molecule has 2 rings (SSSR count). The van der Waals surface area contributed by atoms with E-state index in [-0.39, 0.29) is 11.3 Å². The van der Waals surface area contributed by atoms with Crippen LogP contribution in [0.4, 0.5) is 11.5 Å². The summed E-state index contributed by atoms with van der Waals surface area (Å²) in [6, 6.07) is 3.03. The summed E-state index contributed by atoms with van der Waals surface area (Å²) in [5.74, 6) is 0.605. The summed E-state index contributed by atoms with van der Waals surface area (Å²) in [4.78, 5) is 14.1. The first-order valence-corrected chi connectivity index (χ1v) is 6.12. The Morgan fingerprint density at radius 3 is 2.79 bits per heavy atom. The number of hydrogen-bond donors (Lipinski definition) is 1. The first-order valence-electron chi connectivity index (χ1n) is 6.12. The van der Waals surface area contributed by atoms with E-state index in [4.69, 9.17) is 9.47 Å². The number of nitrogens with one attached hydrogen (secondary N) is 1. The van der Waals surface area contributed by atoms with Gasteiger partial charge in [0.1, 0.15) is 12.0 Å². The van der Waals surface area contributed by atoms with Crippen LogP contribution >= 0.6 is 0 Å². The van der Waals surface area contributed by atoms with Crippen molar-refractivity contribution in [1.82, 2.24) is 4.98 Å². The number of ether oxygens (including phenoxy) is 2. The van der Waals surface area contributed by atoms with Crippen LogP contribution in [0.3, 0.4) is 0 Å². The molecule has 19 heavy (non-hydrogen) atoms. The third kappa shape index (κ3) is 3.39. The fourth-order valence-electron chi connectivity index (χ4n) is 2.05. The number of anilines is 1. The molecule has 7 heteroatoms. The van der Waals surface area contributed by atoms with E-state index in [0.29, 0.717) is 25.6 Å². The maximum atomic E-state index is 10.5. The third-order valence-corrected chi connectivity index (χ3v) is 3.39. The molecule has 1 saturated heterocycles. The second kappa shape index (κ2) is 5.94. The first kappa shape index (κ1) is 13.7. The highest BCUT2D eigenvalue weighted by atomic mass is 16.6. The van der Waals surface area contributed by atoms with Crippen molar-refractivity contribution >= 4 is 11.5 Å². The van der Waals surface area contributed by atoms with Gasteiger partial charge < -0.3 is 14.8 Å². The molecule has 0 aromatic carbocycles. The fraction of sp³-hybridized carbons (Fsp3) is 0.583. The standard InChI is InChI=1S/C12H17N3O4/c1-18-12(4-6-19-7-5-12)9-14-11-3-2-10(8-13-11)15(16)17/h2-3,8H,4-7,9H2,1H3,(H,13,14). The molecule has 0 aliphatic carbocycles. The molecule has 1 N–H and O–H groups in total. The van der Waals surface area contributed by atoms with Gasteiger partial charge in [-0.2, -0.15) is 0 Å². The van der Waals surface area contributed by atoms with E-state index in [0.717, 1.165) is 12.8 Å². The van der Waals surface area contributed by atoms with Crippen LogP contribution in [0.2, 0.25) is 0 Å². The van der Waals surface area contributed by atoms with Crippen LogP contribution < -0.4 is 5.32 Å². The topological polar surface area (TPSA) is 86.5 Å². The zero-order valence-corrected chi connectivity index (χ0v) is 10.8. The van der Waals surface area contributed by atoms with E-state index in [1.54, 1.807) is 13.2 Å². The van der Waals surface area contributed by atoms with Gasteiger partial charge in [0.05, 0.1) is 10.5 Å². The van der Waals surface area contributed by atoms with E-state index in [2.05, 4.69) is 10.3 Å². The summed E-state index contributed by atoms with van der Waals surface area (Å²) in [6.45, 7) is 1.98. The van der Waals surface area contributed by atoms with E-state index in [1.807, 2.05) is 0 Å². The van der Waals surface area contributed by atoms with Crippen molar-refractivity contribution in [2.24, 2.45) is 0 Å². The number of nitrogens with zero attached hydrogens (tertiary/aromatic N) is 2. The Bertz CT molecular complexity index is 429. The molecule has 0 unspecified atom stereocenters. The van der Waals surface area contributed by atoms with Crippen molar-refractivity contribution in [3.8, 4) is 0 Å². The number of rotatable bonds is 5. The lowest BCUT2D eigenvalue weighted by Crippen LogP contribution is -2.44. The third-order valence-electron chi connectivity index (χ3n) is 3.39. The largest absolute Gasteiger partial charge is 0.381 e. The van der Waals surface area contributed by atoms with Crippen LogP contribution in [0.1, 0.15) is 12.8 Å². The Hall–Kier alpha value is -1.73. The predicted octanol–water partition coefficient (Wildman–Crippen LogP) is 1.60. The lowest BCUT2D eigenvalue weighted by Gasteiger charge is -2.36. The van der Waals surface area contributed by atoms with Crippen LogP contribution in [0.15, 0.2) is 18.3 Å². The van der Waals surface area contributed by atoms with Crippen LogP contribution in [-0.4, -0.2) is 42.4 Å². The molecule has 0 amide bonds. The lowest BCUT2D eigenvalue weighted by atomic mass is 9.94. The van der Waals surface area contributed by atoms with Gasteiger partial charge in [0.25, 0.3) is 5.69 Å². The molecule has 1 fully saturated rings. The monoisotopic (exact) mass is 267 g/mol. The SMILES string of the molecule is COC1(CNc2ccc([N+](=O)[O-])cn2)CCOCC1. The summed E-state index contributed by atoms with van der Waals surface area (Å²) in [7, 11) is 1.69. The molecule has 1 aromatic rings. The van der Waals surface area contributed by atoms with Crippen molar-refractivity contribution in [2.75, 3.05) is 32.2 Å².